The van der Waals surface area contributed by atoms with Crippen LogP contribution in [0.4, 0.5) is 14.5 Å². The Balaban J connectivity index is 1.96. The predicted molar refractivity (Wildman–Crippen MR) is 106 cm³/mol. The third kappa shape index (κ3) is 4.03. The number of aromatic nitrogens is 2. The normalized spacial score (nSPS) is 12.5. The van der Waals surface area contributed by atoms with E-state index in [0.29, 0.717) is 42.3 Å². The Morgan fingerprint density at radius 1 is 1.26 bits per heavy atom. The molecule has 0 N–H and O–H groups in total. The van der Waals surface area contributed by atoms with Crippen LogP contribution in [0.1, 0.15) is 49.1 Å². The molecule has 0 aliphatic heterocycles. The summed E-state index contributed by atoms with van der Waals surface area (Å²) in [5.41, 5.74) is 1.63. The highest BCUT2D eigenvalue weighted by Crippen LogP contribution is 2.30. The molecule has 144 valence electrons. The molecule has 0 aliphatic rings. The second kappa shape index (κ2) is 8.17. The van der Waals surface area contributed by atoms with E-state index < -0.39 is 6.17 Å². The van der Waals surface area contributed by atoms with E-state index in [2.05, 4.69) is 4.98 Å². The minimum absolute atomic E-state index is 0.261. The summed E-state index contributed by atoms with van der Waals surface area (Å²) in [5.74, 6) is -0.290. The van der Waals surface area contributed by atoms with Gasteiger partial charge in [-0.3, -0.25) is 9.20 Å². The molecule has 1 atom stereocenters. The van der Waals surface area contributed by atoms with Crippen molar-refractivity contribution >= 4 is 22.0 Å². The van der Waals surface area contributed by atoms with Crippen LogP contribution in [0, 0.1) is 12.7 Å². The van der Waals surface area contributed by atoms with Gasteiger partial charge in [0.1, 0.15) is 12.0 Å². The number of anilines is 1. The standard InChI is InChI=1S/C20H23F2N3OS/c1-4-6-17(22)19-13(3)27-20-23-15(11-18(26)25(19)20)12-24(5-2)16-9-7-14(21)8-10-16/h7-11,17H,4-6,12H2,1-3H3. The Bertz CT molecular complexity index is 981. The van der Waals surface area contributed by atoms with E-state index in [1.165, 1.54) is 33.9 Å². The third-order valence-electron chi connectivity index (χ3n) is 4.55. The van der Waals surface area contributed by atoms with Gasteiger partial charge in [-0.1, -0.05) is 13.3 Å². The smallest absolute Gasteiger partial charge is 0.259 e. The monoisotopic (exact) mass is 391 g/mol. The van der Waals surface area contributed by atoms with Gasteiger partial charge in [-0.2, -0.15) is 0 Å². The fourth-order valence-electron chi connectivity index (χ4n) is 3.21. The molecule has 7 heteroatoms. The maximum Gasteiger partial charge on any atom is 0.259 e. The van der Waals surface area contributed by atoms with Crippen molar-refractivity contribution in [2.75, 3.05) is 11.4 Å². The fraction of sp³-hybridized carbons (Fsp3) is 0.400. The summed E-state index contributed by atoms with van der Waals surface area (Å²) in [5, 5.41) is 0. The molecule has 0 aliphatic carbocycles. The molecule has 3 aromatic rings. The van der Waals surface area contributed by atoms with E-state index in [4.69, 9.17) is 0 Å². The summed E-state index contributed by atoms with van der Waals surface area (Å²) >= 11 is 1.34. The molecule has 0 fully saturated rings. The van der Waals surface area contributed by atoms with Crippen LogP contribution in [0.15, 0.2) is 35.1 Å². The van der Waals surface area contributed by atoms with Crippen LogP contribution < -0.4 is 10.5 Å². The Hall–Kier alpha value is -2.28. The number of hydrogen-bond acceptors (Lipinski definition) is 4. The van der Waals surface area contributed by atoms with Gasteiger partial charge in [0.2, 0.25) is 0 Å². The SMILES string of the molecule is CCCC(F)c1c(C)sc2nc(CN(CC)c3ccc(F)cc3)cc(=O)n12. The highest BCUT2D eigenvalue weighted by Gasteiger charge is 2.21. The lowest BCUT2D eigenvalue weighted by atomic mass is 10.1. The number of hydrogen-bond donors (Lipinski definition) is 0. The van der Waals surface area contributed by atoms with Crippen molar-refractivity contribution in [2.45, 2.75) is 46.3 Å². The molecule has 0 amide bonds. The van der Waals surface area contributed by atoms with E-state index in [-0.39, 0.29) is 11.4 Å². The Morgan fingerprint density at radius 2 is 1.96 bits per heavy atom. The number of halogens is 2. The molecule has 0 bridgehead atoms. The fourth-order valence-corrected chi connectivity index (χ4v) is 4.25. The maximum atomic E-state index is 14.5. The molecule has 4 nitrogen and oxygen atoms in total. The molecule has 1 unspecified atom stereocenters. The van der Waals surface area contributed by atoms with Crippen molar-refractivity contribution in [1.29, 1.82) is 0 Å². The number of alkyl halides is 1. The van der Waals surface area contributed by atoms with Crippen LogP contribution in [-0.2, 0) is 6.54 Å². The Kier molecular flexibility index (Phi) is 5.89. The summed E-state index contributed by atoms with van der Waals surface area (Å²) in [4.78, 5) is 20.6. The van der Waals surface area contributed by atoms with E-state index in [1.807, 2.05) is 25.7 Å². The van der Waals surface area contributed by atoms with Gasteiger partial charge in [-0.25, -0.2) is 13.8 Å². The Labute approximate surface area is 161 Å². The minimum Gasteiger partial charge on any atom is -0.366 e. The highest BCUT2D eigenvalue weighted by atomic mass is 32.1. The lowest BCUT2D eigenvalue weighted by Crippen LogP contribution is -2.25. The number of thiazole rings is 1. The van der Waals surface area contributed by atoms with E-state index in [0.717, 1.165) is 10.6 Å². The molecule has 1 aromatic carbocycles. The lowest BCUT2D eigenvalue weighted by molar-refractivity contribution is 0.310. The van der Waals surface area contributed by atoms with Gasteiger partial charge in [-0.05, 0) is 44.5 Å². The molecular weight excluding hydrogens is 368 g/mol. The first-order valence-electron chi connectivity index (χ1n) is 9.11. The number of rotatable bonds is 7. The summed E-state index contributed by atoms with van der Waals surface area (Å²) < 4.78 is 29.1. The van der Waals surface area contributed by atoms with Crippen LogP contribution in [0.25, 0.3) is 4.96 Å². The van der Waals surface area contributed by atoms with Crippen LogP contribution in [0.5, 0.6) is 0 Å². The molecule has 0 spiro atoms. The van der Waals surface area contributed by atoms with Gasteiger partial charge < -0.3 is 4.90 Å². The zero-order chi connectivity index (χ0) is 19.6. The number of nitrogens with zero attached hydrogens (tertiary/aromatic N) is 3. The second-order valence-electron chi connectivity index (χ2n) is 6.49. The highest BCUT2D eigenvalue weighted by molar-refractivity contribution is 7.17. The zero-order valence-electron chi connectivity index (χ0n) is 15.7. The number of fused-ring (bicyclic) bond motifs is 1. The van der Waals surface area contributed by atoms with Gasteiger partial charge in [0.05, 0.1) is 17.9 Å². The quantitative estimate of drug-likeness (QED) is 0.566. The molecule has 0 saturated carbocycles. The summed E-state index contributed by atoms with van der Waals surface area (Å²) in [6.07, 6.45) is -0.0726. The molecule has 2 heterocycles. The van der Waals surface area contributed by atoms with E-state index in [1.54, 1.807) is 12.1 Å². The van der Waals surface area contributed by atoms with Crippen molar-refractivity contribution in [3.05, 3.63) is 62.8 Å². The van der Waals surface area contributed by atoms with Crippen molar-refractivity contribution in [3.63, 3.8) is 0 Å². The van der Waals surface area contributed by atoms with Gasteiger partial charge in [-0.15, -0.1) is 11.3 Å². The molecular formula is C20H23F2N3OS. The van der Waals surface area contributed by atoms with Crippen LogP contribution >= 0.6 is 11.3 Å². The average Bonchev–Trinajstić information content (AvgIpc) is 2.97. The number of benzene rings is 1. The molecule has 2 aromatic heterocycles. The molecule has 0 saturated heterocycles. The summed E-state index contributed by atoms with van der Waals surface area (Å²) in [6.45, 7) is 6.84. The van der Waals surface area contributed by atoms with Crippen LogP contribution in [0.3, 0.4) is 0 Å². The minimum atomic E-state index is -1.17. The van der Waals surface area contributed by atoms with Gasteiger partial charge in [0, 0.05) is 23.2 Å². The molecule has 3 rings (SSSR count). The topological polar surface area (TPSA) is 37.6 Å². The largest absolute Gasteiger partial charge is 0.366 e. The van der Waals surface area contributed by atoms with Crippen LogP contribution in [0.2, 0.25) is 0 Å². The molecule has 27 heavy (non-hydrogen) atoms. The molecule has 0 radical (unpaired) electrons. The third-order valence-corrected chi connectivity index (χ3v) is 5.52. The van der Waals surface area contributed by atoms with Gasteiger partial charge in [0.25, 0.3) is 5.56 Å². The van der Waals surface area contributed by atoms with E-state index in [9.17, 15) is 13.6 Å². The van der Waals surface area contributed by atoms with Crippen molar-refractivity contribution in [1.82, 2.24) is 9.38 Å². The first-order valence-corrected chi connectivity index (χ1v) is 9.92. The van der Waals surface area contributed by atoms with Crippen LogP contribution in [-0.4, -0.2) is 15.9 Å². The van der Waals surface area contributed by atoms with E-state index >= 15 is 0 Å². The van der Waals surface area contributed by atoms with Gasteiger partial charge >= 0.3 is 0 Å². The lowest BCUT2D eigenvalue weighted by Gasteiger charge is -2.22. The zero-order valence-corrected chi connectivity index (χ0v) is 16.5. The first-order chi connectivity index (χ1) is 12.9. The first kappa shape index (κ1) is 19.5. The maximum absolute atomic E-state index is 14.5. The Morgan fingerprint density at radius 3 is 2.59 bits per heavy atom. The van der Waals surface area contributed by atoms with Crippen molar-refractivity contribution in [2.24, 2.45) is 0 Å². The predicted octanol–water partition coefficient (Wildman–Crippen LogP) is 5.04. The van der Waals surface area contributed by atoms with Crippen molar-refractivity contribution < 1.29 is 8.78 Å². The van der Waals surface area contributed by atoms with Crippen molar-refractivity contribution in [3.8, 4) is 0 Å². The summed E-state index contributed by atoms with van der Waals surface area (Å²) in [7, 11) is 0. The summed E-state index contributed by atoms with van der Waals surface area (Å²) in [6, 6.07) is 7.70. The second-order valence-corrected chi connectivity index (χ2v) is 7.68. The average molecular weight is 391 g/mol. The number of aryl methyl sites for hydroxylation is 1. The van der Waals surface area contributed by atoms with Gasteiger partial charge in [0.15, 0.2) is 4.96 Å².